The van der Waals surface area contributed by atoms with Gasteiger partial charge >= 0.3 is 0 Å². The zero-order valence-corrected chi connectivity index (χ0v) is 86.3. The Kier molecular flexibility index (Phi) is 35.0. The van der Waals surface area contributed by atoms with Gasteiger partial charge in [-0.25, -0.2) is 58.6 Å². The van der Waals surface area contributed by atoms with E-state index in [9.17, 15) is 34.3 Å². The van der Waals surface area contributed by atoms with Gasteiger partial charge in [-0.05, 0) is 141 Å². The summed E-state index contributed by atoms with van der Waals surface area (Å²) in [5, 5.41) is 53.4. The first-order valence-corrected chi connectivity index (χ1v) is 49.8. The number of aromatic nitrogens is 15. The zero-order valence-electron chi connectivity index (χ0n) is 86.3. The van der Waals surface area contributed by atoms with Crippen molar-refractivity contribution in [3.8, 4) is 0 Å². The second kappa shape index (κ2) is 48.8. The maximum atomic E-state index is 14.2. The molecule has 5 aromatic carbocycles. The summed E-state index contributed by atoms with van der Waals surface area (Å²) in [5.41, 5.74) is 15.0. The second-order valence-electron chi connectivity index (χ2n) is 38.6. The minimum atomic E-state index is -0.292. The number of fused-ring (bicyclic) bond motifs is 5. The molecule has 15 heterocycles. The monoisotopic (exact) mass is 1980 g/mol. The van der Waals surface area contributed by atoms with E-state index in [1.165, 1.54) is 24.3 Å². The third kappa shape index (κ3) is 26.5. The summed E-state index contributed by atoms with van der Waals surface area (Å²) < 4.78 is 28.3. The number of aryl methyl sites for hydroxylation is 4. The van der Waals surface area contributed by atoms with Crippen molar-refractivity contribution in [3.05, 3.63) is 269 Å². The molecule has 5 N–H and O–H groups in total. The third-order valence-corrected chi connectivity index (χ3v) is 27.3. The number of benzene rings is 5. The largest absolute Gasteiger partial charge is 0.395 e. The van der Waals surface area contributed by atoms with E-state index >= 15 is 0 Å². The molecule has 0 amide bonds. The maximum absolute atomic E-state index is 14.2. The fraction of sp³-hybridized carbons (Fsp3) is 0.404. The number of piperazine rings is 5. The van der Waals surface area contributed by atoms with E-state index in [2.05, 4.69) is 197 Å². The number of likely N-dealkylation sites (N-methyl/N-ethyl adjacent to an activating group) is 5. The SMILES string of the molecule is CN1CCN(c2cc(CN(C)c3cccc4cccnc34)nc(CO)n2)CC1.Cc1nc(CN(C)c2c(CO)ccc3cccnc23)cc(N2CCN(C)CC2)n1.Cc1nc(CN(C)c2cc(CO)cc3cccnc23)cc(N2CCN(C)CC2)n1.Cc1nc(CN(C)c2cc(F)cc3cccnc23)cc(N2CCN(C)C(CO)C2)n1.Cc1nc(CN(C)c2cc(F)cc3cccnc23)cc(N2CCN(C)CC2CO)n1. The van der Waals surface area contributed by atoms with Gasteiger partial charge in [0.15, 0.2) is 5.82 Å². The molecule has 0 spiro atoms. The lowest BCUT2D eigenvalue weighted by Gasteiger charge is -2.40. The molecule has 146 heavy (non-hydrogen) atoms. The number of halogens is 2. The molecule has 766 valence electrons. The highest BCUT2D eigenvalue weighted by Crippen LogP contribution is 2.36. The molecular formula is C109H136F2N30O5. The van der Waals surface area contributed by atoms with Crippen molar-refractivity contribution in [2.45, 2.75) is 92.3 Å². The Morgan fingerprint density at radius 1 is 0.301 bits per heavy atom. The number of hydrogen-bond donors (Lipinski definition) is 5. The van der Waals surface area contributed by atoms with Crippen LogP contribution < -0.4 is 49.0 Å². The summed E-state index contributed by atoms with van der Waals surface area (Å²) in [7, 11) is 20.5. The average molecular weight is 1980 g/mol. The number of anilines is 10. The smallest absolute Gasteiger partial charge is 0.156 e. The molecule has 0 aliphatic carbocycles. The lowest BCUT2D eigenvalue weighted by Crippen LogP contribution is -2.54. The van der Waals surface area contributed by atoms with E-state index in [4.69, 9.17) is 0 Å². The van der Waals surface area contributed by atoms with Gasteiger partial charge in [-0.15, -0.1) is 0 Å². The first-order chi connectivity index (χ1) is 70.6. The first kappa shape index (κ1) is 105. The zero-order chi connectivity index (χ0) is 103. The van der Waals surface area contributed by atoms with Crippen LogP contribution in [0.5, 0.6) is 0 Å². The Morgan fingerprint density at radius 3 is 1.11 bits per heavy atom. The van der Waals surface area contributed by atoms with Crippen LogP contribution in [-0.2, 0) is 52.5 Å². The third-order valence-electron chi connectivity index (χ3n) is 27.3. The molecule has 5 aliphatic rings. The molecule has 0 radical (unpaired) electrons. The van der Waals surface area contributed by atoms with Crippen molar-refractivity contribution < 1.29 is 34.3 Å². The molecule has 35 nitrogen and oxygen atoms in total. The summed E-state index contributed by atoms with van der Waals surface area (Å²) in [6.07, 6.45) is 8.85. The minimum absolute atomic E-state index is 0.00000702. The van der Waals surface area contributed by atoms with Crippen molar-refractivity contribution in [2.75, 3.05) is 250 Å². The van der Waals surface area contributed by atoms with Gasteiger partial charge in [0.1, 0.15) is 70.6 Å². The number of para-hydroxylation sites is 1. The van der Waals surface area contributed by atoms with Crippen molar-refractivity contribution in [1.82, 2.24) is 99.3 Å². The number of hydrogen-bond acceptors (Lipinski definition) is 35. The van der Waals surface area contributed by atoms with Crippen LogP contribution in [0.4, 0.5) is 66.3 Å². The van der Waals surface area contributed by atoms with Crippen LogP contribution in [0.2, 0.25) is 0 Å². The van der Waals surface area contributed by atoms with Crippen LogP contribution >= 0.6 is 0 Å². The normalized spacial score (nSPS) is 16.1. The highest BCUT2D eigenvalue weighted by molar-refractivity contribution is 5.95. The van der Waals surface area contributed by atoms with Gasteiger partial charge in [0.05, 0.1) is 156 Å². The van der Waals surface area contributed by atoms with Gasteiger partial charge in [0, 0.05) is 247 Å². The Bertz CT molecular complexity index is 6940. The Balaban J connectivity index is 0.000000131. The molecule has 5 saturated heterocycles. The molecule has 0 saturated carbocycles. The van der Waals surface area contributed by atoms with Crippen molar-refractivity contribution >= 4 is 112 Å². The summed E-state index contributed by atoms with van der Waals surface area (Å²) in [5.74, 6) is 7.40. The van der Waals surface area contributed by atoms with Gasteiger partial charge in [-0.1, -0.05) is 54.6 Å². The van der Waals surface area contributed by atoms with E-state index in [0.717, 1.165) is 281 Å². The molecule has 5 fully saturated rings. The predicted molar refractivity (Wildman–Crippen MR) is 577 cm³/mol. The number of aliphatic hydroxyl groups is 5. The molecule has 0 bridgehead atoms. The summed E-state index contributed by atoms with van der Waals surface area (Å²) in [6, 6.07) is 49.7. The minimum Gasteiger partial charge on any atom is -0.395 e. The fourth-order valence-corrected chi connectivity index (χ4v) is 19.4. The quantitative estimate of drug-likeness (QED) is 0.0355. The summed E-state index contributed by atoms with van der Waals surface area (Å²) in [4.78, 5) is 102. The fourth-order valence-electron chi connectivity index (χ4n) is 19.4. The maximum Gasteiger partial charge on any atom is 0.156 e. The molecule has 37 heteroatoms. The summed E-state index contributed by atoms with van der Waals surface area (Å²) in [6.45, 7) is 27.4. The molecule has 5 aliphatic heterocycles. The Labute approximate surface area is 852 Å². The highest BCUT2D eigenvalue weighted by Gasteiger charge is 2.31. The van der Waals surface area contributed by atoms with Gasteiger partial charge < -0.3 is 94.1 Å². The van der Waals surface area contributed by atoms with E-state index in [1.54, 1.807) is 36.9 Å². The van der Waals surface area contributed by atoms with Crippen molar-refractivity contribution in [1.29, 1.82) is 0 Å². The Hall–Kier alpha value is -14.0. The summed E-state index contributed by atoms with van der Waals surface area (Å²) >= 11 is 0. The number of nitrogens with zero attached hydrogens (tertiary/aromatic N) is 30. The van der Waals surface area contributed by atoms with Crippen molar-refractivity contribution in [3.63, 3.8) is 0 Å². The molecule has 20 rings (SSSR count). The first-order valence-electron chi connectivity index (χ1n) is 49.8. The van der Waals surface area contributed by atoms with E-state index in [1.807, 2.05) is 177 Å². The highest BCUT2D eigenvalue weighted by atomic mass is 19.1. The van der Waals surface area contributed by atoms with E-state index < -0.39 is 0 Å². The second-order valence-corrected chi connectivity index (χ2v) is 38.6. The number of rotatable bonds is 25. The van der Waals surface area contributed by atoms with Gasteiger partial charge in [-0.2, -0.15) is 0 Å². The number of pyridine rings is 5. The standard InChI is InChI=1S/2C22H27FN6O.2C22H28N6O.C21H26N6O/c1-15-25-18(11-21(26-15)29-8-7-27(2)19(13-29)14-30)12-28(3)20-10-17(23)9-16-5-4-6-24-22(16)20;1-15-25-18(11-21(26-15)29-8-7-27(2)13-19(29)14-30)12-28(3)20-10-17(23)9-16-5-4-6-24-22(16)20;1-16-24-19(13-20(25-16)28-11-9-26(2)10-12-28)14-27(3)22-18(15-29)7-6-17-5-4-8-23-21(17)22;1-16-24-19(13-21(25-16)28-9-7-26(2)8-10-28)14-27(3)20-12-17(15-29)11-18-5-4-6-23-22(18)20;1-25-9-11-27(12-10-25)20-13-17(23-19(15-28)24-20)14-26(2)18-7-3-5-16-6-4-8-22-21(16)18/h2*4-6,9-11,19,30H,7-8,12-14H2,1-3H3;4-8,13,29H,9-12,14-15H2,1-3H3;4-6,11-13,29H,7-10,14-15H2,1-3H3;3-8,13,28H,9-12,14-15H2,1-2H3. The van der Waals surface area contributed by atoms with Crippen LogP contribution in [0.3, 0.4) is 0 Å². The van der Waals surface area contributed by atoms with Crippen LogP contribution in [0.15, 0.2) is 189 Å². The number of aliphatic hydroxyl groups excluding tert-OH is 5. The lowest BCUT2D eigenvalue weighted by molar-refractivity contribution is 0.135. The predicted octanol–water partition coefficient (Wildman–Crippen LogP) is 10.8. The molecule has 2 atom stereocenters. The van der Waals surface area contributed by atoms with Crippen LogP contribution in [0.1, 0.15) is 68.7 Å². The average Bonchev–Trinajstić information content (AvgIpc) is 0.796. The molecule has 10 aromatic heterocycles. The van der Waals surface area contributed by atoms with Crippen LogP contribution in [0.25, 0.3) is 54.5 Å². The molecule has 2 unspecified atom stereocenters. The van der Waals surface area contributed by atoms with E-state index in [-0.39, 0.29) is 56.8 Å². The molecule has 15 aromatic rings. The molecular weight excluding hydrogens is 1850 g/mol. The van der Waals surface area contributed by atoms with E-state index in [0.29, 0.717) is 50.2 Å². The van der Waals surface area contributed by atoms with Crippen molar-refractivity contribution in [2.24, 2.45) is 0 Å². The lowest BCUT2D eigenvalue weighted by atomic mass is 10.1. The van der Waals surface area contributed by atoms with Gasteiger partial charge in [0.2, 0.25) is 0 Å². The van der Waals surface area contributed by atoms with Gasteiger partial charge in [-0.3, -0.25) is 29.8 Å². The Morgan fingerprint density at radius 2 is 0.664 bits per heavy atom. The van der Waals surface area contributed by atoms with Crippen LogP contribution in [0, 0.1) is 39.3 Å². The topological polar surface area (TPSA) is 343 Å². The van der Waals surface area contributed by atoms with Gasteiger partial charge in [0.25, 0.3) is 0 Å². The van der Waals surface area contributed by atoms with Crippen LogP contribution in [-0.4, -0.2) is 338 Å².